The van der Waals surface area contributed by atoms with Crippen LogP contribution in [0.15, 0.2) is 51.3 Å². The van der Waals surface area contributed by atoms with Crippen molar-refractivity contribution in [2.75, 3.05) is 0 Å². The third-order valence-corrected chi connectivity index (χ3v) is 6.79. The van der Waals surface area contributed by atoms with Crippen molar-refractivity contribution in [1.29, 1.82) is 0 Å². The number of thiazole rings is 1. The molecule has 3 rings (SSSR count). The molecule has 0 N–H and O–H groups in total. The van der Waals surface area contributed by atoms with Gasteiger partial charge in [0.2, 0.25) is 14.2 Å². The summed E-state index contributed by atoms with van der Waals surface area (Å²) in [5, 5.41) is 10.8. The number of hydrogen-bond donors (Lipinski definition) is 0. The van der Waals surface area contributed by atoms with Crippen LogP contribution >= 0.6 is 27.3 Å². The molecule has 0 aliphatic carbocycles. The lowest BCUT2D eigenvalue weighted by Crippen LogP contribution is -2.04. The molecule has 0 atom stereocenters. The predicted octanol–water partition coefficient (Wildman–Crippen LogP) is 3.94. The first kappa shape index (κ1) is 16.0. The molecule has 1 aromatic heterocycles. The smallest absolute Gasteiger partial charge is 0.258 e. The normalized spacial score (nSPS) is 11.7. The van der Waals surface area contributed by atoms with Crippen LogP contribution in [0.2, 0.25) is 0 Å². The molecule has 2 aromatic carbocycles. The lowest BCUT2D eigenvalue weighted by atomic mass is 10.2. The van der Waals surface area contributed by atoms with Crippen LogP contribution in [0.4, 0.5) is 5.69 Å². The van der Waals surface area contributed by atoms with Gasteiger partial charge in [-0.25, -0.2) is 13.4 Å². The van der Waals surface area contributed by atoms with Crippen LogP contribution in [0.5, 0.6) is 0 Å². The maximum Gasteiger partial charge on any atom is 0.270 e. The highest BCUT2D eigenvalue weighted by Crippen LogP contribution is 2.30. The van der Waals surface area contributed by atoms with Gasteiger partial charge in [0.1, 0.15) is 0 Å². The van der Waals surface area contributed by atoms with Crippen molar-refractivity contribution in [3.63, 3.8) is 0 Å². The lowest BCUT2D eigenvalue weighted by Gasteiger charge is -2.01. The molecule has 0 saturated carbocycles. The van der Waals surface area contributed by atoms with Crippen molar-refractivity contribution in [2.45, 2.75) is 10.1 Å². The monoisotopic (exact) mass is 412 g/mol. The van der Waals surface area contributed by atoms with Crippen molar-refractivity contribution < 1.29 is 13.3 Å². The number of nitro groups is 1. The summed E-state index contributed by atoms with van der Waals surface area (Å²) in [4.78, 5) is 14.4. The zero-order valence-electron chi connectivity index (χ0n) is 11.5. The van der Waals surface area contributed by atoms with E-state index >= 15 is 0 Å². The SMILES string of the molecule is O=[N+]([O-])c1ccc2nc(S(=O)(=O)Cc3ccc(Br)cc3)sc2c1. The van der Waals surface area contributed by atoms with Gasteiger partial charge in [-0.15, -0.1) is 11.3 Å². The van der Waals surface area contributed by atoms with Gasteiger partial charge in [0.25, 0.3) is 5.69 Å². The van der Waals surface area contributed by atoms with Crippen LogP contribution in [-0.2, 0) is 15.6 Å². The molecular weight excluding hydrogens is 404 g/mol. The molecule has 0 aliphatic rings. The second kappa shape index (κ2) is 5.99. The molecule has 0 unspecified atom stereocenters. The molecule has 1 heterocycles. The van der Waals surface area contributed by atoms with Crippen LogP contribution in [0, 0.1) is 10.1 Å². The third-order valence-electron chi connectivity index (χ3n) is 3.10. The summed E-state index contributed by atoms with van der Waals surface area (Å²) in [6.07, 6.45) is 0. The van der Waals surface area contributed by atoms with E-state index < -0.39 is 14.8 Å². The quantitative estimate of drug-likeness (QED) is 0.477. The number of benzene rings is 2. The van der Waals surface area contributed by atoms with Gasteiger partial charge < -0.3 is 0 Å². The van der Waals surface area contributed by atoms with Gasteiger partial charge in [-0.3, -0.25) is 10.1 Å². The van der Waals surface area contributed by atoms with Gasteiger partial charge in [0.15, 0.2) is 0 Å². The van der Waals surface area contributed by atoms with Crippen LogP contribution < -0.4 is 0 Å². The van der Waals surface area contributed by atoms with Crippen LogP contribution in [-0.4, -0.2) is 18.3 Å². The Hall–Kier alpha value is -1.84. The molecule has 118 valence electrons. The fourth-order valence-electron chi connectivity index (χ4n) is 2.00. The highest BCUT2D eigenvalue weighted by Gasteiger charge is 2.21. The van der Waals surface area contributed by atoms with E-state index in [9.17, 15) is 18.5 Å². The summed E-state index contributed by atoms with van der Waals surface area (Å²) in [5.74, 6) is -0.164. The predicted molar refractivity (Wildman–Crippen MR) is 91.3 cm³/mol. The van der Waals surface area contributed by atoms with Gasteiger partial charge in [0.05, 0.1) is 20.9 Å². The summed E-state index contributed by atoms with van der Waals surface area (Å²) in [7, 11) is -3.60. The number of rotatable bonds is 4. The number of nitrogens with zero attached hydrogens (tertiary/aromatic N) is 2. The van der Waals surface area contributed by atoms with Crippen molar-refractivity contribution in [3.8, 4) is 0 Å². The molecule has 0 saturated heterocycles. The maximum atomic E-state index is 12.5. The molecular formula is C14H9BrN2O4S2. The number of nitro benzene ring substituents is 1. The molecule has 0 aliphatic heterocycles. The van der Waals surface area contributed by atoms with E-state index in [1.165, 1.54) is 18.2 Å². The summed E-state index contributed by atoms with van der Waals surface area (Å²) in [6, 6.07) is 11.1. The fraction of sp³-hybridized carbons (Fsp3) is 0.0714. The molecule has 0 bridgehead atoms. The van der Waals surface area contributed by atoms with Crippen molar-refractivity contribution >= 4 is 53.0 Å². The molecule has 23 heavy (non-hydrogen) atoms. The first-order chi connectivity index (χ1) is 10.8. The first-order valence-electron chi connectivity index (χ1n) is 6.37. The van der Waals surface area contributed by atoms with E-state index in [2.05, 4.69) is 20.9 Å². The Morgan fingerprint density at radius 1 is 1.17 bits per heavy atom. The first-order valence-corrected chi connectivity index (χ1v) is 9.63. The minimum absolute atomic E-state index is 0.0316. The molecule has 0 radical (unpaired) electrons. The molecule has 6 nitrogen and oxygen atoms in total. The van der Waals surface area contributed by atoms with Gasteiger partial charge in [-0.2, -0.15) is 0 Å². The Labute approximate surface area is 144 Å². The zero-order chi connectivity index (χ0) is 16.6. The summed E-state index contributed by atoms with van der Waals surface area (Å²) in [6.45, 7) is 0. The largest absolute Gasteiger partial charge is 0.270 e. The number of hydrogen-bond acceptors (Lipinski definition) is 6. The highest BCUT2D eigenvalue weighted by atomic mass is 79.9. The summed E-state index contributed by atoms with van der Waals surface area (Å²) < 4.78 is 26.3. The fourth-order valence-corrected chi connectivity index (χ4v) is 4.94. The number of halogens is 1. The Bertz CT molecular complexity index is 997. The van der Waals surface area contributed by atoms with E-state index in [-0.39, 0.29) is 15.8 Å². The minimum atomic E-state index is -3.60. The Balaban J connectivity index is 1.97. The number of non-ortho nitro benzene ring substituents is 1. The van der Waals surface area contributed by atoms with E-state index in [1.807, 2.05) is 0 Å². The molecule has 0 amide bonds. The third kappa shape index (κ3) is 3.41. The average Bonchev–Trinajstić information content (AvgIpc) is 2.93. The average molecular weight is 413 g/mol. The van der Waals surface area contributed by atoms with Gasteiger partial charge >= 0.3 is 0 Å². The van der Waals surface area contributed by atoms with Gasteiger partial charge in [0, 0.05) is 16.6 Å². The topological polar surface area (TPSA) is 90.2 Å². The maximum absolute atomic E-state index is 12.5. The second-order valence-corrected chi connectivity index (χ2v) is 8.88. The van der Waals surface area contributed by atoms with Gasteiger partial charge in [-0.1, -0.05) is 28.1 Å². The van der Waals surface area contributed by atoms with Crippen LogP contribution in [0.3, 0.4) is 0 Å². The van der Waals surface area contributed by atoms with Crippen molar-refractivity contribution in [2.24, 2.45) is 0 Å². The molecule has 3 aromatic rings. The second-order valence-electron chi connectivity index (χ2n) is 4.77. The van der Waals surface area contributed by atoms with Gasteiger partial charge in [-0.05, 0) is 23.8 Å². The highest BCUT2D eigenvalue weighted by molar-refractivity contribution is 9.10. The van der Waals surface area contributed by atoms with Crippen LogP contribution in [0.1, 0.15) is 5.56 Å². The van der Waals surface area contributed by atoms with E-state index in [0.29, 0.717) is 15.8 Å². The van der Waals surface area contributed by atoms with E-state index in [4.69, 9.17) is 0 Å². The Morgan fingerprint density at radius 3 is 2.52 bits per heavy atom. The Morgan fingerprint density at radius 2 is 1.87 bits per heavy atom. The number of fused-ring (bicyclic) bond motifs is 1. The molecule has 9 heteroatoms. The van der Waals surface area contributed by atoms with E-state index in [0.717, 1.165) is 15.8 Å². The Kier molecular flexibility index (Phi) is 4.17. The van der Waals surface area contributed by atoms with E-state index in [1.54, 1.807) is 24.3 Å². The van der Waals surface area contributed by atoms with Crippen molar-refractivity contribution in [3.05, 3.63) is 62.6 Å². The van der Waals surface area contributed by atoms with Crippen LogP contribution in [0.25, 0.3) is 10.2 Å². The number of aromatic nitrogens is 1. The zero-order valence-corrected chi connectivity index (χ0v) is 14.7. The standard InChI is InChI=1S/C14H9BrN2O4S2/c15-10-3-1-9(2-4-10)8-23(20,21)14-16-12-6-5-11(17(18)19)7-13(12)22-14/h1-7H,8H2. The molecule has 0 spiro atoms. The lowest BCUT2D eigenvalue weighted by molar-refractivity contribution is -0.384. The summed E-state index contributed by atoms with van der Waals surface area (Å²) in [5.41, 5.74) is 1.01. The summed E-state index contributed by atoms with van der Waals surface area (Å²) >= 11 is 4.24. The minimum Gasteiger partial charge on any atom is -0.258 e. The number of sulfone groups is 1. The van der Waals surface area contributed by atoms with Crippen molar-refractivity contribution in [1.82, 2.24) is 4.98 Å². The molecule has 0 fully saturated rings.